The Hall–Kier alpha value is -1.95. The molecule has 110 valence electrons. The largest absolute Gasteiger partial charge is 0.332 e. The van der Waals surface area contributed by atoms with Gasteiger partial charge < -0.3 is 4.90 Å². The fourth-order valence-electron chi connectivity index (χ4n) is 3.51. The lowest BCUT2D eigenvalue weighted by molar-refractivity contribution is 0.0480. The van der Waals surface area contributed by atoms with E-state index in [1.807, 2.05) is 17.0 Å². The normalized spacial score (nSPS) is 25.8. The second kappa shape index (κ2) is 5.11. The molecule has 1 amide bonds. The average molecular weight is 285 g/mol. The Labute approximate surface area is 123 Å². The molecule has 1 unspecified atom stereocenters. The van der Waals surface area contributed by atoms with Crippen LogP contribution < -0.4 is 0 Å². The number of nitrogens with one attached hydrogen (secondary N) is 1. The summed E-state index contributed by atoms with van der Waals surface area (Å²) < 4.78 is 0. The fourth-order valence-corrected chi connectivity index (χ4v) is 3.51. The monoisotopic (exact) mass is 285 g/mol. The van der Waals surface area contributed by atoms with Crippen LogP contribution in [0.1, 0.15) is 29.8 Å². The lowest BCUT2D eigenvalue weighted by Crippen LogP contribution is -2.54. The number of piperazine rings is 1. The molecular weight excluding hydrogens is 266 g/mol. The van der Waals surface area contributed by atoms with E-state index in [0.29, 0.717) is 17.4 Å². The molecule has 4 heterocycles. The predicted molar refractivity (Wildman–Crippen MR) is 79.0 cm³/mol. The van der Waals surface area contributed by atoms with Gasteiger partial charge in [0.25, 0.3) is 5.91 Å². The van der Waals surface area contributed by atoms with E-state index in [4.69, 9.17) is 0 Å². The average Bonchev–Trinajstić information content (AvgIpc) is 2.86. The molecule has 0 saturated carbocycles. The van der Waals surface area contributed by atoms with E-state index in [1.54, 1.807) is 6.20 Å². The number of carbonyl (C=O) groups excluding carboxylic acids is 1. The van der Waals surface area contributed by atoms with Gasteiger partial charge in [0.1, 0.15) is 5.69 Å². The minimum Gasteiger partial charge on any atom is -0.332 e. The molecule has 2 aromatic rings. The number of hydrogen-bond acceptors (Lipinski definition) is 4. The van der Waals surface area contributed by atoms with Crippen molar-refractivity contribution in [2.75, 3.05) is 26.2 Å². The standard InChI is InChI=1S/C15H19N5O/c21-15(13-12-5-3-6-16-14(12)18-17-13)20-9-8-19-7-2-1-4-11(20)10-19/h3,5-6,11H,1-2,4,7-10H2,(H,16,17,18)/t11-/m0/s1. The van der Waals surface area contributed by atoms with Crippen molar-refractivity contribution in [3.63, 3.8) is 0 Å². The number of H-pyrrole nitrogens is 1. The molecule has 2 atom stereocenters. The number of amides is 1. The van der Waals surface area contributed by atoms with Crippen LogP contribution in [-0.4, -0.2) is 63.1 Å². The van der Waals surface area contributed by atoms with Crippen molar-refractivity contribution in [3.05, 3.63) is 24.0 Å². The molecule has 0 radical (unpaired) electrons. The van der Waals surface area contributed by atoms with E-state index in [0.717, 1.165) is 31.4 Å². The van der Waals surface area contributed by atoms with E-state index >= 15 is 0 Å². The molecule has 1 N–H and O–H groups in total. The number of rotatable bonds is 1. The minimum absolute atomic E-state index is 0.0667. The Balaban J connectivity index is 1.65. The van der Waals surface area contributed by atoms with E-state index < -0.39 is 0 Å². The summed E-state index contributed by atoms with van der Waals surface area (Å²) in [7, 11) is 0. The number of fused-ring (bicyclic) bond motifs is 3. The molecule has 0 aliphatic carbocycles. The lowest BCUT2D eigenvalue weighted by atomic mass is 10.1. The van der Waals surface area contributed by atoms with Crippen LogP contribution >= 0.6 is 0 Å². The quantitative estimate of drug-likeness (QED) is 0.857. The molecule has 4 rings (SSSR count). The highest BCUT2D eigenvalue weighted by Crippen LogP contribution is 2.23. The Bertz CT molecular complexity index is 667. The zero-order valence-corrected chi connectivity index (χ0v) is 12.0. The predicted octanol–water partition coefficient (Wildman–Crippen LogP) is 1.27. The number of aromatic nitrogens is 3. The van der Waals surface area contributed by atoms with Gasteiger partial charge in [0.2, 0.25) is 0 Å². The number of carbonyl (C=O) groups is 1. The molecular formula is C15H19N5O. The molecule has 2 aromatic heterocycles. The van der Waals surface area contributed by atoms with Gasteiger partial charge in [-0.05, 0) is 31.5 Å². The number of aromatic amines is 1. The Morgan fingerprint density at radius 2 is 2.24 bits per heavy atom. The summed E-state index contributed by atoms with van der Waals surface area (Å²) >= 11 is 0. The third-order valence-corrected chi connectivity index (χ3v) is 4.63. The van der Waals surface area contributed by atoms with Crippen LogP contribution in [0.3, 0.4) is 0 Å². The van der Waals surface area contributed by atoms with E-state index in [2.05, 4.69) is 20.1 Å². The molecule has 2 fully saturated rings. The minimum atomic E-state index is 0.0667. The first-order chi connectivity index (χ1) is 10.3. The van der Waals surface area contributed by atoms with Crippen LogP contribution in [0.15, 0.2) is 18.3 Å². The summed E-state index contributed by atoms with van der Waals surface area (Å²) in [5, 5.41) is 7.84. The highest BCUT2D eigenvalue weighted by molar-refractivity contribution is 6.03. The second-order valence-corrected chi connectivity index (χ2v) is 5.92. The molecule has 0 spiro atoms. The van der Waals surface area contributed by atoms with Gasteiger partial charge in [0, 0.05) is 31.9 Å². The molecule has 21 heavy (non-hydrogen) atoms. The van der Waals surface area contributed by atoms with Gasteiger partial charge in [0.15, 0.2) is 5.65 Å². The van der Waals surface area contributed by atoms with Gasteiger partial charge >= 0.3 is 0 Å². The summed E-state index contributed by atoms with van der Waals surface area (Å²) in [6, 6.07) is 4.09. The Kier molecular flexibility index (Phi) is 3.11. The van der Waals surface area contributed by atoms with Crippen molar-refractivity contribution >= 4 is 16.9 Å². The highest BCUT2D eigenvalue weighted by Gasteiger charge is 2.33. The van der Waals surface area contributed by atoms with Gasteiger partial charge in [0.05, 0.1) is 5.39 Å². The third kappa shape index (κ3) is 2.19. The third-order valence-electron chi connectivity index (χ3n) is 4.63. The second-order valence-electron chi connectivity index (χ2n) is 5.92. The zero-order valence-electron chi connectivity index (χ0n) is 12.0. The van der Waals surface area contributed by atoms with Crippen molar-refractivity contribution in [2.24, 2.45) is 0 Å². The first-order valence-electron chi connectivity index (χ1n) is 7.65. The summed E-state index contributed by atoms with van der Waals surface area (Å²) in [6.45, 7) is 3.97. The number of pyridine rings is 1. The van der Waals surface area contributed by atoms with Gasteiger partial charge in [-0.15, -0.1) is 0 Å². The first kappa shape index (κ1) is 12.8. The lowest BCUT2D eigenvalue weighted by Gasteiger charge is -2.39. The summed E-state index contributed by atoms with van der Waals surface area (Å²) in [6.07, 6.45) is 5.25. The zero-order chi connectivity index (χ0) is 14.2. The van der Waals surface area contributed by atoms with E-state index in [-0.39, 0.29) is 5.91 Å². The van der Waals surface area contributed by atoms with E-state index in [1.165, 1.54) is 19.4 Å². The number of nitrogens with zero attached hydrogens (tertiary/aromatic N) is 4. The van der Waals surface area contributed by atoms with Crippen LogP contribution in [0.5, 0.6) is 0 Å². The molecule has 6 heteroatoms. The van der Waals surface area contributed by atoms with Crippen molar-refractivity contribution in [3.8, 4) is 0 Å². The molecule has 2 saturated heterocycles. The smallest absolute Gasteiger partial charge is 0.272 e. The van der Waals surface area contributed by atoms with Crippen LogP contribution in [0.4, 0.5) is 0 Å². The molecule has 6 nitrogen and oxygen atoms in total. The van der Waals surface area contributed by atoms with Crippen molar-refractivity contribution in [2.45, 2.75) is 25.3 Å². The summed E-state index contributed by atoms with van der Waals surface area (Å²) in [4.78, 5) is 21.6. The first-order valence-corrected chi connectivity index (χ1v) is 7.65. The molecule has 2 aliphatic heterocycles. The van der Waals surface area contributed by atoms with Gasteiger partial charge in [-0.2, -0.15) is 5.10 Å². The van der Waals surface area contributed by atoms with Crippen LogP contribution in [0.2, 0.25) is 0 Å². The highest BCUT2D eigenvalue weighted by atomic mass is 16.2. The molecule has 0 aromatic carbocycles. The van der Waals surface area contributed by atoms with Crippen molar-refractivity contribution < 1.29 is 4.79 Å². The maximum Gasteiger partial charge on any atom is 0.272 e. The van der Waals surface area contributed by atoms with Gasteiger partial charge in [-0.1, -0.05) is 6.42 Å². The number of hydrogen-bond donors (Lipinski definition) is 1. The SMILES string of the molecule is O=C(c1[nH]nc2ncccc12)N1CCN2CCCC[C@H]1C2. The van der Waals surface area contributed by atoms with Crippen LogP contribution in [0, 0.1) is 0 Å². The van der Waals surface area contributed by atoms with E-state index in [9.17, 15) is 4.79 Å². The van der Waals surface area contributed by atoms with Crippen LogP contribution in [-0.2, 0) is 0 Å². The maximum absolute atomic E-state index is 12.9. The van der Waals surface area contributed by atoms with Gasteiger partial charge in [-0.25, -0.2) is 4.98 Å². The van der Waals surface area contributed by atoms with Crippen molar-refractivity contribution in [1.82, 2.24) is 25.0 Å². The Morgan fingerprint density at radius 3 is 3.19 bits per heavy atom. The summed E-state index contributed by atoms with van der Waals surface area (Å²) in [5.41, 5.74) is 1.19. The fraction of sp³-hybridized carbons (Fsp3) is 0.533. The molecule has 2 bridgehead atoms. The van der Waals surface area contributed by atoms with Crippen molar-refractivity contribution in [1.29, 1.82) is 0 Å². The Morgan fingerprint density at radius 1 is 1.29 bits per heavy atom. The topological polar surface area (TPSA) is 65.1 Å². The van der Waals surface area contributed by atoms with Crippen LogP contribution in [0.25, 0.3) is 11.0 Å². The van der Waals surface area contributed by atoms with Gasteiger partial charge in [-0.3, -0.25) is 14.8 Å². The molecule has 2 aliphatic rings. The summed E-state index contributed by atoms with van der Waals surface area (Å²) in [5.74, 6) is 0.0667. The maximum atomic E-state index is 12.9.